The van der Waals surface area contributed by atoms with Gasteiger partial charge >= 0.3 is 0 Å². The van der Waals surface area contributed by atoms with E-state index in [2.05, 4.69) is 10.6 Å². The van der Waals surface area contributed by atoms with E-state index >= 15 is 0 Å². The van der Waals surface area contributed by atoms with E-state index in [4.69, 9.17) is 0 Å². The first-order chi connectivity index (χ1) is 15.3. The zero-order valence-electron chi connectivity index (χ0n) is 16.9. The summed E-state index contributed by atoms with van der Waals surface area (Å²) >= 11 is 0. The molecule has 0 aliphatic carbocycles. The van der Waals surface area contributed by atoms with Crippen LogP contribution in [0.15, 0.2) is 78.5 Å². The fraction of sp³-hybridized carbons (Fsp3) is 0.0417. The molecule has 8 heteroatoms. The van der Waals surface area contributed by atoms with Gasteiger partial charge in [0, 0.05) is 18.3 Å². The van der Waals surface area contributed by atoms with Crippen molar-refractivity contribution in [2.75, 3.05) is 15.5 Å². The number of nitrogens with zero attached hydrogens (tertiary/aromatic N) is 1. The minimum atomic E-state index is -0.773. The van der Waals surface area contributed by atoms with Crippen LogP contribution in [-0.2, 0) is 14.4 Å². The third kappa shape index (κ3) is 3.98. The number of imide groups is 1. The van der Waals surface area contributed by atoms with Crippen molar-refractivity contribution in [2.45, 2.75) is 6.92 Å². The van der Waals surface area contributed by atoms with Crippen molar-refractivity contribution in [3.63, 3.8) is 0 Å². The Hall–Kier alpha value is -4.33. The van der Waals surface area contributed by atoms with Crippen LogP contribution < -0.4 is 15.5 Å². The normalized spacial score (nSPS) is 13.5. The van der Waals surface area contributed by atoms with Crippen molar-refractivity contribution in [3.8, 4) is 0 Å². The first-order valence-electron chi connectivity index (χ1n) is 9.63. The summed E-state index contributed by atoms with van der Waals surface area (Å²) in [6, 6.07) is 17.1. The Kier molecular flexibility index (Phi) is 5.51. The van der Waals surface area contributed by atoms with Gasteiger partial charge in [0.2, 0.25) is 5.91 Å². The van der Waals surface area contributed by atoms with Gasteiger partial charge < -0.3 is 10.6 Å². The molecule has 4 rings (SSSR count). The molecule has 32 heavy (non-hydrogen) atoms. The number of para-hydroxylation sites is 1. The molecule has 1 aliphatic rings. The summed E-state index contributed by atoms with van der Waals surface area (Å²) in [5.74, 6) is -3.03. The monoisotopic (exact) mass is 433 g/mol. The summed E-state index contributed by atoms with van der Waals surface area (Å²) in [6.45, 7) is 1.36. The third-order valence-electron chi connectivity index (χ3n) is 4.77. The van der Waals surface area contributed by atoms with Crippen LogP contribution in [0.3, 0.4) is 0 Å². The quantitative estimate of drug-likeness (QED) is 0.588. The van der Waals surface area contributed by atoms with Crippen molar-refractivity contribution in [1.82, 2.24) is 0 Å². The Morgan fingerprint density at radius 2 is 1.56 bits per heavy atom. The van der Waals surface area contributed by atoms with Gasteiger partial charge in [-0.1, -0.05) is 30.3 Å². The summed E-state index contributed by atoms with van der Waals surface area (Å²) in [5.41, 5.74) is 0.822. The van der Waals surface area contributed by atoms with E-state index in [0.29, 0.717) is 11.3 Å². The summed E-state index contributed by atoms with van der Waals surface area (Å²) < 4.78 is 28.1. The Bertz CT molecular complexity index is 1270. The zero-order valence-corrected chi connectivity index (χ0v) is 16.9. The molecule has 0 spiro atoms. The van der Waals surface area contributed by atoms with Crippen LogP contribution in [0.1, 0.15) is 12.5 Å². The molecule has 1 heterocycles. The number of hydrogen-bond acceptors (Lipinski definition) is 4. The molecule has 0 fully saturated rings. The summed E-state index contributed by atoms with van der Waals surface area (Å²) in [5, 5.41) is 5.43. The number of halogens is 2. The van der Waals surface area contributed by atoms with Crippen LogP contribution in [0.25, 0.3) is 5.57 Å². The SMILES string of the molecule is CC(=O)Nc1ccc(C2=C(Nc3cccc(F)c3)C(=O)N(c3ccccc3F)C2=O)cc1. The Morgan fingerprint density at radius 3 is 2.22 bits per heavy atom. The topological polar surface area (TPSA) is 78.5 Å². The highest BCUT2D eigenvalue weighted by atomic mass is 19.1. The molecule has 0 aromatic heterocycles. The Labute approximate surface area is 182 Å². The van der Waals surface area contributed by atoms with Gasteiger partial charge in [-0.25, -0.2) is 13.7 Å². The van der Waals surface area contributed by atoms with Crippen LogP contribution in [0, 0.1) is 11.6 Å². The highest BCUT2D eigenvalue weighted by Crippen LogP contribution is 2.35. The van der Waals surface area contributed by atoms with Gasteiger partial charge in [0.25, 0.3) is 11.8 Å². The molecule has 1 aliphatic heterocycles. The molecule has 0 radical (unpaired) electrons. The van der Waals surface area contributed by atoms with Crippen molar-refractivity contribution < 1.29 is 23.2 Å². The van der Waals surface area contributed by atoms with E-state index in [1.807, 2.05) is 0 Å². The summed E-state index contributed by atoms with van der Waals surface area (Å²) in [6.07, 6.45) is 0. The van der Waals surface area contributed by atoms with Gasteiger partial charge in [-0.3, -0.25) is 14.4 Å². The minimum Gasteiger partial charge on any atom is -0.350 e. The second-order valence-corrected chi connectivity index (χ2v) is 7.04. The minimum absolute atomic E-state index is 0.00288. The summed E-state index contributed by atoms with van der Waals surface area (Å²) in [7, 11) is 0. The molecule has 6 nitrogen and oxygen atoms in total. The van der Waals surface area contributed by atoms with Crippen LogP contribution >= 0.6 is 0 Å². The van der Waals surface area contributed by atoms with Gasteiger partial charge in [0.05, 0.1) is 11.3 Å². The lowest BCUT2D eigenvalue weighted by molar-refractivity contribution is -0.120. The highest BCUT2D eigenvalue weighted by Gasteiger charge is 2.41. The van der Waals surface area contributed by atoms with E-state index in [1.165, 1.54) is 49.4 Å². The van der Waals surface area contributed by atoms with E-state index in [9.17, 15) is 23.2 Å². The number of nitrogens with one attached hydrogen (secondary N) is 2. The number of amides is 3. The fourth-order valence-corrected chi connectivity index (χ4v) is 3.40. The van der Waals surface area contributed by atoms with Crippen LogP contribution in [0.2, 0.25) is 0 Å². The van der Waals surface area contributed by atoms with Crippen LogP contribution in [-0.4, -0.2) is 17.7 Å². The first-order valence-corrected chi connectivity index (χ1v) is 9.63. The molecule has 3 aromatic rings. The van der Waals surface area contributed by atoms with Gasteiger partial charge in [0.1, 0.15) is 17.3 Å². The second kappa shape index (κ2) is 8.43. The van der Waals surface area contributed by atoms with Gasteiger partial charge in [0.15, 0.2) is 0 Å². The van der Waals surface area contributed by atoms with Crippen LogP contribution in [0.5, 0.6) is 0 Å². The van der Waals surface area contributed by atoms with Crippen molar-refractivity contribution in [2.24, 2.45) is 0 Å². The maximum Gasteiger partial charge on any atom is 0.282 e. The van der Waals surface area contributed by atoms with E-state index < -0.39 is 23.4 Å². The fourth-order valence-electron chi connectivity index (χ4n) is 3.40. The molecular weight excluding hydrogens is 416 g/mol. The second-order valence-electron chi connectivity index (χ2n) is 7.04. The van der Waals surface area contributed by atoms with Gasteiger partial charge in [-0.05, 0) is 48.0 Å². The molecule has 3 aromatic carbocycles. The zero-order chi connectivity index (χ0) is 22.8. The average molecular weight is 433 g/mol. The predicted molar refractivity (Wildman–Crippen MR) is 117 cm³/mol. The lowest BCUT2D eigenvalue weighted by Crippen LogP contribution is -2.33. The Morgan fingerprint density at radius 1 is 0.844 bits per heavy atom. The largest absolute Gasteiger partial charge is 0.350 e. The molecule has 0 bridgehead atoms. The molecule has 0 atom stereocenters. The van der Waals surface area contributed by atoms with E-state index in [0.717, 1.165) is 11.0 Å². The molecule has 3 amide bonds. The standard InChI is InChI=1S/C24H17F2N3O3/c1-14(30)27-17-11-9-15(10-12-17)21-22(28-18-6-4-5-16(25)13-18)24(32)29(23(21)31)20-8-3-2-7-19(20)26/h2-13,28H,1H3,(H,27,30). The molecule has 2 N–H and O–H groups in total. The first kappa shape index (κ1) is 20.9. The van der Waals surface area contributed by atoms with Gasteiger partial charge in [-0.2, -0.15) is 0 Å². The maximum absolute atomic E-state index is 14.4. The molecule has 160 valence electrons. The number of rotatable bonds is 5. The van der Waals surface area contributed by atoms with E-state index in [1.54, 1.807) is 24.3 Å². The predicted octanol–water partition coefficient (Wildman–Crippen LogP) is 4.32. The van der Waals surface area contributed by atoms with Crippen LogP contribution in [0.4, 0.5) is 25.8 Å². The number of anilines is 3. The van der Waals surface area contributed by atoms with Gasteiger partial charge in [-0.15, -0.1) is 0 Å². The average Bonchev–Trinajstić information content (AvgIpc) is 2.98. The number of benzene rings is 3. The lowest BCUT2D eigenvalue weighted by atomic mass is 10.0. The third-order valence-corrected chi connectivity index (χ3v) is 4.77. The number of hydrogen-bond donors (Lipinski definition) is 2. The molecule has 0 unspecified atom stereocenters. The lowest BCUT2D eigenvalue weighted by Gasteiger charge is -2.16. The van der Waals surface area contributed by atoms with Crippen molar-refractivity contribution in [1.29, 1.82) is 0 Å². The summed E-state index contributed by atoms with van der Waals surface area (Å²) in [4.78, 5) is 38.5. The molecular formula is C24H17F2N3O3. The van der Waals surface area contributed by atoms with Crippen molar-refractivity contribution >= 4 is 40.4 Å². The number of carbonyl (C=O) groups excluding carboxylic acids is 3. The Balaban J connectivity index is 1.81. The van der Waals surface area contributed by atoms with Crippen molar-refractivity contribution in [3.05, 3.63) is 95.7 Å². The number of carbonyl (C=O) groups is 3. The maximum atomic E-state index is 14.4. The molecule has 0 saturated carbocycles. The molecule has 0 saturated heterocycles. The van der Waals surface area contributed by atoms with E-state index in [-0.39, 0.29) is 28.6 Å². The smallest absolute Gasteiger partial charge is 0.282 e. The highest BCUT2D eigenvalue weighted by molar-refractivity contribution is 6.46.